The highest BCUT2D eigenvalue weighted by Crippen LogP contribution is 2.39. The van der Waals surface area contributed by atoms with Gasteiger partial charge in [0.2, 0.25) is 5.88 Å². The molecule has 0 spiro atoms. The molecule has 5 heteroatoms. The lowest BCUT2D eigenvalue weighted by Gasteiger charge is -2.14. The predicted octanol–water partition coefficient (Wildman–Crippen LogP) is 1.54. The Morgan fingerprint density at radius 1 is 1.28 bits per heavy atom. The van der Waals surface area contributed by atoms with Gasteiger partial charge in [-0.15, -0.1) is 0 Å². The minimum Gasteiger partial charge on any atom is -0.493 e. The first-order valence-corrected chi connectivity index (χ1v) is 6.75. The van der Waals surface area contributed by atoms with E-state index in [-0.39, 0.29) is 23.4 Å². The first-order valence-electron chi connectivity index (χ1n) is 6.75. The molecule has 1 aromatic rings. The van der Waals surface area contributed by atoms with Crippen LogP contribution in [0.5, 0.6) is 5.88 Å². The minimum absolute atomic E-state index is 0.114. The molecule has 1 unspecified atom stereocenters. The fraction of sp³-hybridized carbons (Fsp3) is 0.692. The van der Waals surface area contributed by atoms with Crippen molar-refractivity contribution in [1.82, 2.24) is 9.97 Å². The van der Waals surface area contributed by atoms with Crippen LogP contribution in [0.4, 0.5) is 0 Å². The number of nitrogens with zero attached hydrogens (tertiary/aromatic N) is 1. The molecule has 1 atom stereocenters. The lowest BCUT2D eigenvalue weighted by Crippen LogP contribution is -2.24. The molecule has 4 N–H and O–H groups in total. The molecule has 2 aliphatic rings. The van der Waals surface area contributed by atoms with Crippen molar-refractivity contribution in [1.29, 1.82) is 0 Å². The van der Waals surface area contributed by atoms with Crippen LogP contribution in [0.15, 0.2) is 4.79 Å². The third-order valence-corrected chi connectivity index (χ3v) is 4.16. The first kappa shape index (κ1) is 11.7. The maximum Gasteiger partial charge on any atom is 0.258 e. The molecule has 2 aliphatic carbocycles. The number of aromatic nitrogens is 2. The lowest BCUT2D eigenvalue weighted by atomic mass is 10.00. The van der Waals surface area contributed by atoms with Gasteiger partial charge in [0.15, 0.2) is 0 Å². The van der Waals surface area contributed by atoms with Gasteiger partial charge in [0.1, 0.15) is 5.82 Å². The van der Waals surface area contributed by atoms with Crippen molar-refractivity contribution >= 4 is 0 Å². The second-order valence-corrected chi connectivity index (χ2v) is 5.53. The number of nitrogens with one attached hydrogen (secondary N) is 1. The van der Waals surface area contributed by atoms with Gasteiger partial charge in [-0.2, -0.15) is 4.98 Å². The maximum absolute atomic E-state index is 12.1. The number of rotatable bonds is 3. The number of aromatic hydroxyl groups is 1. The minimum atomic E-state index is -0.249. The van der Waals surface area contributed by atoms with Crippen LogP contribution in [0, 0.1) is 5.92 Å². The molecule has 0 bridgehead atoms. The Balaban J connectivity index is 1.94. The van der Waals surface area contributed by atoms with Crippen molar-refractivity contribution in [3.05, 3.63) is 21.7 Å². The zero-order valence-electron chi connectivity index (χ0n) is 10.4. The summed E-state index contributed by atoms with van der Waals surface area (Å²) >= 11 is 0. The Bertz CT molecular complexity index is 501. The molecule has 0 saturated heterocycles. The monoisotopic (exact) mass is 249 g/mol. The molecule has 1 aromatic heterocycles. The highest BCUT2D eigenvalue weighted by molar-refractivity contribution is 5.28. The third kappa shape index (κ3) is 2.03. The van der Waals surface area contributed by atoms with Crippen molar-refractivity contribution in [2.45, 2.75) is 50.5 Å². The van der Waals surface area contributed by atoms with Gasteiger partial charge in [-0.05, 0) is 37.5 Å². The third-order valence-electron chi connectivity index (χ3n) is 4.16. The van der Waals surface area contributed by atoms with Crippen LogP contribution < -0.4 is 11.3 Å². The summed E-state index contributed by atoms with van der Waals surface area (Å²) in [5, 5.41) is 10.00. The van der Waals surface area contributed by atoms with E-state index in [0.29, 0.717) is 17.3 Å². The smallest absolute Gasteiger partial charge is 0.258 e. The van der Waals surface area contributed by atoms with Crippen molar-refractivity contribution in [3.8, 4) is 5.88 Å². The first-order chi connectivity index (χ1) is 8.66. The van der Waals surface area contributed by atoms with E-state index in [1.54, 1.807) is 0 Å². The maximum atomic E-state index is 12.1. The van der Waals surface area contributed by atoms with Crippen LogP contribution in [0.3, 0.4) is 0 Å². The molecular formula is C13H19N3O2. The molecule has 2 saturated carbocycles. The van der Waals surface area contributed by atoms with Gasteiger partial charge in [-0.3, -0.25) is 4.79 Å². The van der Waals surface area contributed by atoms with E-state index in [1.165, 1.54) is 0 Å². The second-order valence-electron chi connectivity index (χ2n) is 5.53. The molecule has 98 valence electrons. The van der Waals surface area contributed by atoms with E-state index < -0.39 is 0 Å². The highest BCUT2D eigenvalue weighted by atomic mass is 16.3. The van der Waals surface area contributed by atoms with Crippen LogP contribution >= 0.6 is 0 Å². The van der Waals surface area contributed by atoms with Gasteiger partial charge in [-0.25, -0.2) is 0 Å². The van der Waals surface area contributed by atoms with E-state index in [2.05, 4.69) is 9.97 Å². The van der Waals surface area contributed by atoms with Crippen LogP contribution in [-0.4, -0.2) is 15.1 Å². The number of aromatic amines is 1. The van der Waals surface area contributed by atoms with Crippen molar-refractivity contribution in [3.63, 3.8) is 0 Å². The highest BCUT2D eigenvalue weighted by Gasteiger charge is 2.32. The normalized spacial score (nSPS) is 22.3. The Hall–Kier alpha value is -1.36. The predicted molar refractivity (Wildman–Crippen MR) is 67.4 cm³/mol. The average molecular weight is 249 g/mol. The lowest BCUT2D eigenvalue weighted by molar-refractivity contribution is 0.426. The molecule has 5 nitrogen and oxygen atoms in total. The summed E-state index contributed by atoms with van der Waals surface area (Å²) in [4.78, 5) is 19.0. The summed E-state index contributed by atoms with van der Waals surface area (Å²) in [6.07, 6.45) is 6.32. The molecule has 0 radical (unpaired) electrons. The number of hydrogen-bond acceptors (Lipinski definition) is 4. The zero-order chi connectivity index (χ0) is 12.7. The molecule has 18 heavy (non-hydrogen) atoms. The van der Waals surface area contributed by atoms with Crippen molar-refractivity contribution in [2.24, 2.45) is 11.7 Å². The van der Waals surface area contributed by atoms with Crippen LogP contribution in [0.25, 0.3) is 0 Å². The summed E-state index contributed by atoms with van der Waals surface area (Å²) in [5.74, 6) is 0.885. The van der Waals surface area contributed by atoms with Gasteiger partial charge in [0.05, 0.1) is 11.6 Å². The SMILES string of the molecule is NC(c1nc(O)c(C2CCCC2)c(=O)[nH]1)C1CC1. The molecule has 1 heterocycles. The Labute approximate surface area is 105 Å². The number of nitrogens with two attached hydrogens (primary N) is 1. The van der Waals surface area contributed by atoms with Crippen LogP contribution in [0.2, 0.25) is 0 Å². The van der Waals surface area contributed by atoms with E-state index >= 15 is 0 Å². The Morgan fingerprint density at radius 2 is 1.94 bits per heavy atom. The zero-order valence-corrected chi connectivity index (χ0v) is 10.4. The summed E-state index contributed by atoms with van der Waals surface area (Å²) < 4.78 is 0. The average Bonchev–Trinajstić information content (AvgIpc) is 3.05. The molecular weight excluding hydrogens is 230 g/mol. The Morgan fingerprint density at radius 3 is 2.50 bits per heavy atom. The summed E-state index contributed by atoms with van der Waals surface area (Å²) in [6.45, 7) is 0. The summed E-state index contributed by atoms with van der Waals surface area (Å²) in [5.41, 5.74) is 6.25. The number of hydrogen-bond donors (Lipinski definition) is 3. The van der Waals surface area contributed by atoms with Gasteiger partial charge in [0.25, 0.3) is 5.56 Å². The fourth-order valence-corrected chi connectivity index (χ4v) is 2.91. The molecule has 0 aliphatic heterocycles. The summed E-state index contributed by atoms with van der Waals surface area (Å²) in [7, 11) is 0. The molecule has 0 aromatic carbocycles. The molecule has 0 amide bonds. The van der Waals surface area contributed by atoms with Gasteiger partial charge >= 0.3 is 0 Å². The van der Waals surface area contributed by atoms with E-state index in [4.69, 9.17) is 5.73 Å². The van der Waals surface area contributed by atoms with Crippen molar-refractivity contribution < 1.29 is 5.11 Å². The molecule has 3 rings (SSSR count). The van der Waals surface area contributed by atoms with Crippen molar-refractivity contribution in [2.75, 3.05) is 0 Å². The second kappa shape index (κ2) is 4.39. The van der Waals surface area contributed by atoms with E-state index in [1.807, 2.05) is 0 Å². The Kier molecular flexibility index (Phi) is 2.86. The van der Waals surface area contributed by atoms with Gasteiger partial charge in [0, 0.05) is 0 Å². The molecule has 2 fully saturated rings. The topological polar surface area (TPSA) is 92.0 Å². The van der Waals surface area contributed by atoms with Gasteiger partial charge < -0.3 is 15.8 Å². The summed E-state index contributed by atoms with van der Waals surface area (Å²) in [6, 6.07) is -0.249. The van der Waals surface area contributed by atoms with E-state index in [0.717, 1.165) is 38.5 Å². The fourth-order valence-electron chi connectivity index (χ4n) is 2.91. The van der Waals surface area contributed by atoms with E-state index in [9.17, 15) is 9.90 Å². The van der Waals surface area contributed by atoms with Gasteiger partial charge in [-0.1, -0.05) is 12.8 Å². The standard InChI is InChI=1S/C13H19N3O2/c14-10(8-5-6-8)11-15-12(17)9(13(18)16-11)7-3-1-2-4-7/h7-8,10H,1-6,14H2,(H2,15,16,17,18). The van der Waals surface area contributed by atoms with Crippen LogP contribution in [0.1, 0.15) is 61.9 Å². The largest absolute Gasteiger partial charge is 0.493 e. The number of H-pyrrole nitrogens is 1. The van der Waals surface area contributed by atoms with Crippen LogP contribution in [-0.2, 0) is 0 Å². The quantitative estimate of drug-likeness (QED) is 0.757.